The second kappa shape index (κ2) is 9.61. The molecule has 0 saturated carbocycles. The molecule has 1 amide bonds. The number of fused-ring (bicyclic) bond motifs is 1. The number of rotatable bonds is 7. The van der Waals surface area contributed by atoms with Crippen molar-refractivity contribution in [3.63, 3.8) is 0 Å². The molecule has 0 fully saturated rings. The molecular formula is C23H19ClN4OS. The normalized spacial score (nSPS) is 11.2. The van der Waals surface area contributed by atoms with E-state index in [4.69, 9.17) is 16.6 Å². The minimum absolute atomic E-state index is 0.191. The third kappa shape index (κ3) is 4.90. The number of nitrogens with one attached hydrogen (secondary N) is 1. The minimum Gasteiger partial charge on any atom is -0.314 e. The summed E-state index contributed by atoms with van der Waals surface area (Å²) in [5, 5.41) is 5.49. The van der Waals surface area contributed by atoms with Crippen LogP contribution in [0.5, 0.6) is 0 Å². The highest BCUT2D eigenvalue weighted by molar-refractivity contribution is 7.99. The molecule has 0 spiro atoms. The summed E-state index contributed by atoms with van der Waals surface area (Å²) in [5.41, 5.74) is 6.38. The van der Waals surface area contributed by atoms with E-state index >= 15 is 0 Å². The van der Waals surface area contributed by atoms with Gasteiger partial charge in [-0.15, -0.1) is 0 Å². The lowest BCUT2D eigenvalue weighted by molar-refractivity contribution is -0.118. The van der Waals surface area contributed by atoms with Crippen molar-refractivity contribution in [3.8, 4) is 0 Å². The van der Waals surface area contributed by atoms with Crippen molar-refractivity contribution in [2.45, 2.75) is 11.7 Å². The molecule has 4 aromatic rings. The number of para-hydroxylation sites is 2. The van der Waals surface area contributed by atoms with Crippen LogP contribution in [0.15, 0.2) is 89.1 Å². The Hall–Kier alpha value is -3.09. The molecule has 1 N–H and O–H groups in total. The van der Waals surface area contributed by atoms with Gasteiger partial charge in [0.2, 0.25) is 0 Å². The number of amides is 1. The number of hydrazone groups is 1. The van der Waals surface area contributed by atoms with Gasteiger partial charge in [-0.1, -0.05) is 84.0 Å². The van der Waals surface area contributed by atoms with Gasteiger partial charge in [-0.25, -0.2) is 10.4 Å². The Kier molecular flexibility index (Phi) is 6.47. The van der Waals surface area contributed by atoms with Gasteiger partial charge in [0, 0.05) is 5.02 Å². The molecule has 3 aromatic carbocycles. The average molecular weight is 435 g/mol. The highest BCUT2D eigenvalue weighted by atomic mass is 35.5. The molecule has 0 aliphatic heterocycles. The predicted octanol–water partition coefficient (Wildman–Crippen LogP) is 4.98. The Labute approximate surface area is 183 Å². The predicted molar refractivity (Wildman–Crippen MR) is 123 cm³/mol. The van der Waals surface area contributed by atoms with Gasteiger partial charge in [-0.3, -0.25) is 4.79 Å². The van der Waals surface area contributed by atoms with Gasteiger partial charge in [0.25, 0.3) is 5.91 Å². The summed E-state index contributed by atoms with van der Waals surface area (Å²) in [6.45, 7) is 0.580. The van der Waals surface area contributed by atoms with Crippen LogP contribution in [-0.2, 0) is 11.3 Å². The number of hydrogen-bond acceptors (Lipinski definition) is 4. The number of halogens is 1. The third-order valence-electron chi connectivity index (χ3n) is 4.44. The summed E-state index contributed by atoms with van der Waals surface area (Å²) in [7, 11) is 0. The first-order valence-electron chi connectivity index (χ1n) is 9.39. The van der Waals surface area contributed by atoms with Crippen molar-refractivity contribution in [3.05, 3.63) is 95.0 Å². The zero-order valence-corrected chi connectivity index (χ0v) is 17.6. The number of aromatic nitrogens is 2. The third-order valence-corrected chi connectivity index (χ3v) is 5.79. The van der Waals surface area contributed by atoms with E-state index in [1.807, 2.05) is 78.9 Å². The second-order valence-corrected chi connectivity index (χ2v) is 7.90. The first-order chi connectivity index (χ1) is 14.7. The van der Waals surface area contributed by atoms with Crippen LogP contribution < -0.4 is 5.43 Å². The number of carbonyl (C=O) groups is 1. The van der Waals surface area contributed by atoms with Crippen molar-refractivity contribution in [1.29, 1.82) is 0 Å². The molecule has 1 aromatic heterocycles. The fourth-order valence-corrected chi connectivity index (χ4v) is 4.00. The molecule has 150 valence electrons. The van der Waals surface area contributed by atoms with Gasteiger partial charge < -0.3 is 4.57 Å². The second-order valence-electron chi connectivity index (χ2n) is 6.55. The first kappa shape index (κ1) is 20.2. The zero-order chi connectivity index (χ0) is 20.8. The van der Waals surface area contributed by atoms with Crippen LogP contribution >= 0.6 is 23.4 Å². The molecule has 0 atom stereocenters. The van der Waals surface area contributed by atoms with E-state index in [0.29, 0.717) is 11.6 Å². The summed E-state index contributed by atoms with van der Waals surface area (Å²) < 4.78 is 2.09. The number of carbonyl (C=O) groups excluding carboxylic acids is 1. The Balaban J connectivity index is 1.47. The summed E-state index contributed by atoms with van der Waals surface area (Å²) in [4.78, 5) is 16.9. The Morgan fingerprint density at radius 2 is 1.77 bits per heavy atom. The van der Waals surface area contributed by atoms with Crippen molar-refractivity contribution >= 4 is 46.5 Å². The van der Waals surface area contributed by atoms with Crippen molar-refractivity contribution < 1.29 is 4.79 Å². The SMILES string of the molecule is O=C(CSc1nc2ccccc2n1Cc1ccccc1Cl)N/N=C\c1ccccc1. The van der Waals surface area contributed by atoms with E-state index in [1.165, 1.54) is 11.8 Å². The van der Waals surface area contributed by atoms with Crippen LogP contribution in [-0.4, -0.2) is 27.4 Å². The Morgan fingerprint density at radius 3 is 2.60 bits per heavy atom. The summed E-state index contributed by atoms with van der Waals surface area (Å²) in [5.74, 6) is 0.0151. The Morgan fingerprint density at radius 1 is 1.03 bits per heavy atom. The smallest absolute Gasteiger partial charge is 0.250 e. The number of thioether (sulfide) groups is 1. The molecule has 0 radical (unpaired) electrons. The highest BCUT2D eigenvalue weighted by Crippen LogP contribution is 2.26. The van der Waals surface area contributed by atoms with Crippen molar-refractivity contribution in [1.82, 2.24) is 15.0 Å². The summed E-state index contributed by atoms with van der Waals surface area (Å²) in [6, 6.07) is 25.3. The topological polar surface area (TPSA) is 59.3 Å². The standard InChI is InChI=1S/C23H19ClN4OS/c24-19-11-5-4-10-18(19)15-28-21-13-7-6-12-20(21)26-23(28)30-16-22(29)27-25-14-17-8-2-1-3-9-17/h1-14H,15-16H2,(H,27,29)/b25-14-. The molecule has 0 unspecified atom stereocenters. The van der Waals surface area contributed by atoms with Crippen LogP contribution in [0.4, 0.5) is 0 Å². The van der Waals surface area contributed by atoms with Crippen LogP contribution in [0.25, 0.3) is 11.0 Å². The van der Waals surface area contributed by atoms with Crippen LogP contribution in [0, 0.1) is 0 Å². The first-order valence-corrected chi connectivity index (χ1v) is 10.8. The molecular weight excluding hydrogens is 416 g/mol. The lowest BCUT2D eigenvalue weighted by Gasteiger charge is -2.10. The van der Waals surface area contributed by atoms with Gasteiger partial charge in [0.1, 0.15) is 0 Å². The van der Waals surface area contributed by atoms with Crippen molar-refractivity contribution in [2.24, 2.45) is 5.10 Å². The zero-order valence-electron chi connectivity index (χ0n) is 16.0. The molecule has 0 aliphatic carbocycles. The number of nitrogens with zero attached hydrogens (tertiary/aromatic N) is 3. The molecule has 0 bridgehead atoms. The molecule has 1 heterocycles. The maximum Gasteiger partial charge on any atom is 0.250 e. The van der Waals surface area contributed by atoms with Gasteiger partial charge in [-0.2, -0.15) is 5.10 Å². The van der Waals surface area contributed by atoms with E-state index in [-0.39, 0.29) is 11.7 Å². The van der Waals surface area contributed by atoms with Gasteiger partial charge in [0.15, 0.2) is 5.16 Å². The van der Waals surface area contributed by atoms with E-state index < -0.39 is 0 Å². The average Bonchev–Trinajstić information content (AvgIpc) is 3.12. The molecule has 5 nitrogen and oxygen atoms in total. The number of imidazole rings is 1. The lowest BCUT2D eigenvalue weighted by Crippen LogP contribution is -2.20. The van der Waals surface area contributed by atoms with Crippen LogP contribution in [0.2, 0.25) is 5.02 Å². The van der Waals surface area contributed by atoms with E-state index in [2.05, 4.69) is 15.1 Å². The molecule has 30 heavy (non-hydrogen) atoms. The number of benzene rings is 3. The van der Waals surface area contributed by atoms with Gasteiger partial charge in [-0.05, 0) is 29.3 Å². The summed E-state index contributed by atoms with van der Waals surface area (Å²) in [6.07, 6.45) is 1.62. The number of hydrogen-bond donors (Lipinski definition) is 1. The fourth-order valence-electron chi connectivity index (χ4n) is 2.99. The van der Waals surface area contributed by atoms with Crippen LogP contribution in [0.3, 0.4) is 0 Å². The van der Waals surface area contributed by atoms with Crippen LogP contribution in [0.1, 0.15) is 11.1 Å². The minimum atomic E-state index is -0.191. The molecule has 4 rings (SSSR count). The maximum absolute atomic E-state index is 12.2. The van der Waals surface area contributed by atoms with Gasteiger partial charge in [0.05, 0.1) is 29.5 Å². The largest absolute Gasteiger partial charge is 0.314 e. The quantitative estimate of drug-likeness (QED) is 0.253. The van der Waals surface area contributed by atoms with Crippen molar-refractivity contribution in [2.75, 3.05) is 5.75 Å². The molecule has 0 aliphatic rings. The monoisotopic (exact) mass is 434 g/mol. The van der Waals surface area contributed by atoms with Gasteiger partial charge >= 0.3 is 0 Å². The fraction of sp³-hybridized carbons (Fsp3) is 0.0870. The maximum atomic E-state index is 12.2. The van der Waals surface area contributed by atoms with E-state index in [0.717, 1.165) is 27.3 Å². The lowest BCUT2D eigenvalue weighted by atomic mass is 10.2. The molecule has 7 heteroatoms. The Bertz CT molecular complexity index is 1190. The highest BCUT2D eigenvalue weighted by Gasteiger charge is 2.14. The summed E-state index contributed by atoms with van der Waals surface area (Å²) >= 11 is 7.73. The molecule has 0 saturated heterocycles. The van der Waals surface area contributed by atoms with E-state index in [1.54, 1.807) is 6.21 Å². The van der Waals surface area contributed by atoms with E-state index in [9.17, 15) is 4.79 Å².